The second-order valence-corrected chi connectivity index (χ2v) is 15.0. The number of halogens is 8. The van der Waals surface area contributed by atoms with Gasteiger partial charge in [-0.25, -0.2) is 14.3 Å². The van der Waals surface area contributed by atoms with Crippen molar-refractivity contribution in [3.8, 4) is 5.75 Å². The summed E-state index contributed by atoms with van der Waals surface area (Å²) >= 11 is 24.2. The summed E-state index contributed by atoms with van der Waals surface area (Å²) in [4.78, 5) is 56.8. The lowest BCUT2D eigenvalue weighted by molar-refractivity contribution is -0.141. The van der Waals surface area contributed by atoms with E-state index in [0.29, 0.717) is 21.1 Å². The molecule has 0 unspecified atom stereocenters. The molecule has 4 aliphatic rings. The largest absolute Gasteiger partial charge is 0.508 e. The summed E-state index contributed by atoms with van der Waals surface area (Å²) in [5, 5.41) is 12.4. The maximum Gasteiger partial charge on any atom is 0.433 e. The van der Waals surface area contributed by atoms with Crippen LogP contribution in [0.1, 0.15) is 30.0 Å². The van der Waals surface area contributed by atoms with Gasteiger partial charge in [0.2, 0.25) is 0 Å². The van der Waals surface area contributed by atoms with Crippen LogP contribution in [-0.2, 0) is 25.4 Å². The highest BCUT2D eigenvalue weighted by molar-refractivity contribution is 9.10. The Morgan fingerprint density at radius 3 is 2.32 bits per heavy atom. The Kier molecular flexibility index (Phi) is 8.09. The number of aromatic nitrogens is 1. The van der Waals surface area contributed by atoms with E-state index in [9.17, 15) is 41.8 Å². The number of pyridine rings is 1. The zero-order chi connectivity index (χ0) is 36.2. The lowest BCUT2D eigenvalue weighted by atomic mass is 9.56. The normalized spacial score (nSPS) is 29.2. The summed E-state index contributed by atoms with van der Waals surface area (Å²) in [6.45, 7) is 0. The minimum absolute atomic E-state index is 0.0201. The molecule has 260 valence electrons. The molecule has 1 aromatic heterocycles. The Morgan fingerprint density at radius 1 is 0.980 bits per heavy atom. The van der Waals surface area contributed by atoms with Gasteiger partial charge < -0.3 is 5.11 Å². The first-order chi connectivity index (χ1) is 23.4. The molecule has 3 heterocycles. The van der Waals surface area contributed by atoms with Crippen LogP contribution in [0.2, 0.25) is 5.02 Å². The summed E-state index contributed by atoms with van der Waals surface area (Å²) in [5.41, 5.74) is -0.866. The molecule has 6 atom stereocenters. The van der Waals surface area contributed by atoms with Crippen molar-refractivity contribution in [2.75, 3.05) is 17.0 Å². The monoisotopic (exact) mass is 814 g/mol. The van der Waals surface area contributed by atoms with E-state index in [1.165, 1.54) is 37.4 Å². The van der Waals surface area contributed by atoms with Crippen LogP contribution in [-0.4, -0.2) is 55.5 Å². The number of phenols is 1. The van der Waals surface area contributed by atoms with Crippen molar-refractivity contribution in [2.45, 2.75) is 34.7 Å². The van der Waals surface area contributed by atoms with Crippen LogP contribution < -0.4 is 9.91 Å². The Hall–Kier alpha value is -3.72. The number of hydrogen-bond donors (Lipinski definition) is 1. The number of alkyl halides is 5. The van der Waals surface area contributed by atoms with Crippen molar-refractivity contribution in [3.63, 3.8) is 0 Å². The maximum atomic E-state index is 14.4. The zero-order valence-electron chi connectivity index (χ0n) is 25.4. The quantitative estimate of drug-likeness (QED) is 0.131. The highest BCUT2D eigenvalue weighted by Crippen LogP contribution is 2.66. The zero-order valence-corrected chi connectivity index (χ0v) is 29.2. The van der Waals surface area contributed by atoms with Gasteiger partial charge in [-0.3, -0.25) is 24.2 Å². The minimum Gasteiger partial charge on any atom is -0.508 e. The van der Waals surface area contributed by atoms with E-state index in [2.05, 4.69) is 20.9 Å². The van der Waals surface area contributed by atoms with Crippen LogP contribution in [0.3, 0.4) is 0 Å². The Bertz CT molecular complexity index is 2050. The van der Waals surface area contributed by atoms with Gasteiger partial charge in [0.05, 0.1) is 22.5 Å². The van der Waals surface area contributed by atoms with Gasteiger partial charge in [0.15, 0.2) is 15.6 Å². The summed E-state index contributed by atoms with van der Waals surface area (Å²) in [6.07, 6.45) is -3.71. The Labute approximate surface area is 304 Å². The number of hydrogen-bond acceptors (Lipinski definition) is 7. The smallest absolute Gasteiger partial charge is 0.433 e. The molecule has 7 rings (SSSR count). The molecule has 2 aliphatic carbocycles. The van der Waals surface area contributed by atoms with Crippen molar-refractivity contribution >= 4 is 85.9 Å². The van der Waals surface area contributed by atoms with Gasteiger partial charge in [0, 0.05) is 23.0 Å². The fraction of sp³-hybridized carbons (Fsp3) is 0.303. The van der Waals surface area contributed by atoms with Gasteiger partial charge in [-0.05, 0) is 73.4 Å². The van der Waals surface area contributed by atoms with Gasteiger partial charge in [-0.1, -0.05) is 39.2 Å². The van der Waals surface area contributed by atoms with Crippen LogP contribution in [0.15, 0.2) is 70.7 Å². The fourth-order valence-electron chi connectivity index (χ4n) is 7.69. The molecular formula is C33H22BrCl3F4N4O5. The standard InChI is InChI=1S/C33H22BrCl3F4N4O5/c1-43(26-21(35)9-11-23(42-26)33(39,40)41)45-27(47)18-8-7-17-20(24(18)28(45)48)13-31(36)29(49)44(16-5-3-15(38)4-6-16)30(50)32(31,37)25(17)19-12-14(34)2-10-22(19)46/h2-7,9-12,18,20,24-25,46H,8,13H2,1H3/t18-,20+,24-,25+,31+,32-/m0/s1. The fourth-order valence-corrected chi connectivity index (χ4v) is 9.22. The molecule has 3 aromatic rings. The van der Waals surface area contributed by atoms with Crippen molar-refractivity contribution in [1.29, 1.82) is 0 Å². The number of amides is 4. The van der Waals surface area contributed by atoms with Crippen molar-refractivity contribution in [3.05, 3.63) is 92.8 Å². The van der Waals surface area contributed by atoms with E-state index in [1.54, 1.807) is 6.08 Å². The van der Waals surface area contributed by atoms with Crippen LogP contribution in [0.4, 0.5) is 29.1 Å². The maximum absolute atomic E-state index is 14.4. The lowest BCUT2D eigenvalue weighted by Crippen LogP contribution is -2.60. The number of phenolic OH excluding ortho intramolecular Hbond substituents is 1. The third-order valence-corrected chi connectivity index (χ3v) is 12.1. The number of rotatable bonds is 4. The summed E-state index contributed by atoms with van der Waals surface area (Å²) in [7, 11) is 1.17. The molecule has 4 amide bonds. The number of aromatic hydroxyl groups is 1. The first-order valence-corrected chi connectivity index (χ1v) is 16.9. The molecule has 17 heteroatoms. The molecule has 50 heavy (non-hydrogen) atoms. The number of imide groups is 2. The number of hydrazine groups is 1. The number of nitrogens with zero attached hydrogens (tertiary/aromatic N) is 4. The van der Waals surface area contributed by atoms with Crippen LogP contribution in [0.5, 0.6) is 5.75 Å². The van der Waals surface area contributed by atoms with E-state index in [1.807, 2.05) is 0 Å². The predicted molar refractivity (Wildman–Crippen MR) is 177 cm³/mol. The second kappa shape index (κ2) is 11.7. The number of anilines is 2. The number of carbonyl (C=O) groups excluding carboxylic acids is 4. The Morgan fingerprint density at radius 2 is 1.66 bits per heavy atom. The average molecular weight is 817 g/mol. The summed E-state index contributed by atoms with van der Waals surface area (Å²) < 4.78 is 55.0. The number of fused-ring (bicyclic) bond motifs is 4. The molecule has 9 nitrogen and oxygen atoms in total. The molecule has 2 aromatic carbocycles. The second-order valence-electron chi connectivity index (χ2n) is 12.5. The first-order valence-electron chi connectivity index (χ1n) is 15.0. The molecule has 0 spiro atoms. The summed E-state index contributed by atoms with van der Waals surface area (Å²) in [5.74, 6) is -9.56. The molecule has 1 N–H and O–H groups in total. The van der Waals surface area contributed by atoms with Gasteiger partial charge in [0.25, 0.3) is 23.6 Å². The van der Waals surface area contributed by atoms with Gasteiger partial charge in [0.1, 0.15) is 17.3 Å². The van der Waals surface area contributed by atoms with Crippen molar-refractivity contribution < 1.29 is 41.8 Å². The van der Waals surface area contributed by atoms with E-state index in [4.69, 9.17) is 34.8 Å². The molecule has 2 aliphatic heterocycles. The van der Waals surface area contributed by atoms with Gasteiger partial charge >= 0.3 is 6.18 Å². The third kappa shape index (κ3) is 4.81. The van der Waals surface area contributed by atoms with Crippen molar-refractivity contribution in [2.24, 2.45) is 17.8 Å². The van der Waals surface area contributed by atoms with Crippen molar-refractivity contribution in [1.82, 2.24) is 9.99 Å². The Balaban J connectivity index is 1.36. The molecule has 1 saturated carbocycles. The first kappa shape index (κ1) is 34.7. The molecular weight excluding hydrogens is 795 g/mol. The highest BCUT2D eigenvalue weighted by Gasteiger charge is 2.77. The van der Waals surface area contributed by atoms with Gasteiger partial charge in [-0.2, -0.15) is 18.2 Å². The SMILES string of the molecule is CN(c1nc(C(F)(F)F)ccc1Cl)N1C(=O)[C@H]2[C@H](CC=C3[C@H]2C[C@@]2(Cl)C(=O)N(c4ccc(F)cc4)C(=O)[C@@]2(Cl)[C@H]3c2cc(Br)ccc2O)C1=O. The number of carbonyl (C=O) groups is 4. The number of allylic oxidation sites excluding steroid dienone is 2. The molecule has 0 bridgehead atoms. The van der Waals surface area contributed by atoms with Gasteiger partial charge in [-0.15, -0.1) is 23.2 Å². The van der Waals surface area contributed by atoms with E-state index >= 15 is 0 Å². The number of benzene rings is 2. The minimum atomic E-state index is -4.85. The molecule has 3 fully saturated rings. The van der Waals surface area contributed by atoms with Crippen LogP contribution in [0, 0.1) is 23.6 Å². The van der Waals surface area contributed by atoms with Crippen LogP contribution >= 0.6 is 50.7 Å². The average Bonchev–Trinajstić information content (AvgIpc) is 3.40. The summed E-state index contributed by atoms with van der Waals surface area (Å²) in [6, 6.07) is 10.5. The topological polar surface area (TPSA) is 111 Å². The predicted octanol–water partition coefficient (Wildman–Crippen LogP) is 6.98. The highest BCUT2D eigenvalue weighted by atomic mass is 79.9. The van der Waals surface area contributed by atoms with Crippen LogP contribution in [0.25, 0.3) is 0 Å². The molecule has 2 saturated heterocycles. The van der Waals surface area contributed by atoms with E-state index < -0.39 is 87.0 Å². The third-order valence-electron chi connectivity index (χ3n) is 9.90. The molecule has 0 radical (unpaired) electrons. The van der Waals surface area contributed by atoms with E-state index in [-0.39, 0.29) is 28.4 Å². The van der Waals surface area contributed by atoms with E-state index in [0.717, 1.165) is 28.1 Å². The lowest BCUT2D eigenvalue weighted by Gasteiger charge is -2.50.